The molecule has 0 fully saturated rings. The van der Waals surface area contributed by atoms with Gasteiger partial charge in [-0.15, -0.1) is 0 Å². The molecule has 0 saturated heterocycles. The number of nitrogens with zero attached hydrogens (tertiary/aromatic N) is 4. The summed E-state index contributed by atoms with van der Waals surface area (Å²) in [4.78, 5) is 12.5. The molecule has 0 atom stereocenters. The molecule has 0 N–H and O–H groups in total. The Morgan fingerprint density at radius 3 is 2.59 bits per heavy atom. The van der Waals surface area contributed by atoms with Crippen LogP contribution in [0.4, 0.5) is 13.2 Å². The van der Waals surface area contributed by atoms with Crippen molar-refractivity contribution in [1.82, 2.24) is 19.5 Å². The molecule has 0 unspecified atom stereocenters. The summed E-state index contributed by atoms with van der Waals surface area (Å²) in [6.45, 7) is 0. The van der Waals surface area contributed by atoms with Crippen molar-refractivity contribution in [3.05, 3.63) is 78.1 Å². The zero-order valence-corrected chi connectivity index (χ0v) is 14.4. The molecular weight excluding hydrogens is 353 g/mol. The van der Waals surface area contributed by atoms with Gasteiger partial charge >= 0.3 is 6.18 Å². The standard InChI is InChI=1S/C20H15F3N4/c1-27-18(13-3-2-4-15(7-13)20(21,22)23)8-14-11-25-17(10-19(14)27)9-16-5-6-24-12-26-16/h2-8,10-12H,9H2,1H3. The molecule has 4 aromatic rings. The molecule has 0 amide bonds. The number of fused-ring (bicyclic) bond motifs is 1. The van der Waals surface area contributed by atoms with Gasteiger partial charge in [-0.2, -0.15) is 13.2 Å². The normalized spacial score (nSPS) is 11.9. The summed E-state index contributed by atoms with van der Waals surface area (Å²) in [5.74, 6) is 0. The van der Waals surface area contributed by atoms with Crippen molar-refractivity contribution >= 4 is 10.9 Å². The third-order valence-corrected chi connectivity index (χ3v) is 4.47. The third kappa shape index (κ3) is 3.40. The zero-order chi connectivity index (χ0) is 19.0. The Kier molecular flexibility index (Phi) is 4.14. The quantitative estimate of drug-likeness (QED) is 0.529. The Balaban J connectivity index is 1.74. The number of pyridine rings is 1. The van der Waals surface area contributed by atoms with Crippen LogP contribution in [0.15, 0.2) is 61.2 Å². The number of hydrogen-bond donors (Lipinski definition) is 0. The van der Waals surface area contributed by atoms with E-state index in [-0.39, 0.29) is 0 Å². The first-order valence-electron chi connectivity index (χ1n) is 8.29. The molecule has 27 heavy (non-hydrogen) atoms. The van der Waals surface area contributed by atoms with Gasteiger partial charge < -0.3 is 4.57 Å². The van der Waals surface area contributed by atoms with Gasteiger partial charge in [-0.05, 0) is 35.9 Å². The Bertz CT molecular complexity index is 1100. The van der Waals surface area contributed by atoms with Crippen LogP contribution in [0.2, 0.25) is 0 Å². The minimum Gasteiger partial charge on any atom is -0.344 e. The second-order valence-corrected chi connectivity index (χ2v) is 6.28. The van der Waals surface area contributed by atoms with E-state index < -0.39 is 11.7 Å². The predicted octanol–water partition coefficient (Wildman–Crippen LogP) is 4.64. The lowest BCUT2D eigenvalue weighted by molar-refractivity contribution is -0.137. The maximum Gasteiger partial charge on any atom is 0.416 e. The first-order valence-corrected chi connectivity index (χ1v) is 8.29. The van der Waals surface area contributed by atoms with Gasteiger partial charge in [0.2, 0.25) is 0 Å². The van der Waals surface area contributed by atoms with Gasteiger partial charge in [0.1, 0.15) is 6.33 Å². The molecular formula is C20H15F3N4. The first kappa shape index (κ1) is 17.2. The van der Waals surface area contributed by atoms with E-state index in [4.69, 9.17) is 0 Å². The summed E-state index contributed by atoms with van der Waals surface area (Å²) in [6, 6.07) is 11.0. The van der Waals surface area contributed by atoms with Crippen molar-refractivity contribution in [1.29, 1.82) is 0 Å². The Labute approximate surface area is 153 Å². The van der Waals surface area contributed by atoms with E-state index in [1.54, 1.807) is 18.5 Å². The number of aryl methyl sites for hydroxylation is 1. The van der Waals surface area contributed by atoms with Crippen LogP contribution in [0.3, 0.4) is 0 Å². The summed E-state index contributed by atoms with van der Waals surface area (Å²) in [7, 11) is 1.84. The molecule has 3 aromatic heterocycles. The highest BCUT2D eigenvalue weighted by Gasteiger charge is 2.30. The first-order chi connectivity index (χ1) is 12.9. The average Bonchev–Trinajstić information content (AvgIpc) is 2.98. The highest BCUT2D eigenvalue weighted by Crippen LogP contribution is 2.33. The van der Waals surface area contributed by atoms with E-state index in [0.717, 1.165) is 28.4 Å². The zero-order valence-electron chi connectivity index (χ0n) is 14.4. The third-order valence-electron chi connectivity index (χ3n) is 4.47. The molecule has 0 aliphatic rings. The van der Waals surface area contributed by atoms with Gasteiger partial charge in [0.15, 0.2) is 0 Å². The topological polar surface area (TPSA) is 43.6 Å². The second-order valence-electron chi connectivity index (χ2n) is 6.28. The minimum absolute atomic E-state index is 0.515. The molecule has 4 rings (SSSR count). The Hall–Kier alpha value is -3.22. The molecule has 7 heteroatoms. The maximum absolute atomic E-state index is 13.0. The van der Waals surface area contributed by atoms with Gasteiger partial charge in [0.05, 0.1) is 11.1 Å². The number of benzene rings is 1. The fraction of sp³-hybridized carbons (Fsp3) is 0.150. The molecule has 0 radical (unpaired) electrons. The largest absolute Gasteiger partial charge is 0.416 e. The van der Waals surface area contributed by atoms with Crippen LogP contribution in [0.5, 0.6) is 0 Å². The molecule has 136 valence electrons. The molecule has 4 nitrogen and oxygen atoms in total. The van der Waals surface area contributed by atoms with Crippen molar-refractivity contribution < 1.29 is 13.2 Å². The lowest BCUT2D eigenvalue weighted by Gasteiger charge is -2.10. The maximum atomic E-state index is 13.0. The molecule has 1 aromatic carbocycles. The minimum atomic E-state index is -4.37. The van der Waals surface area contributed by atoms with Crippen LogP contribution in [-0.4, -0.2) is 19.5 Å². The van der Waals surface area contributed by atoms with Crippen LogP contribution < -0.4 is 0 Å². The highest BCUT2D eigenvalue weighted by molar-refractivity contribution is 5.86. The summed E-state index contributed by atoms with van der Waals surface area (Å²) in [5.41, 5.74) is 3.15. The SMILES string of the molecule is Cn1c(-c2cccc(C(F)(F)F)c2)cc2cnc(Cc3ccncn3)cc21. The van der Waals surface area contributed by atoms with Crippen LogP contribution in [0.25, 0.3) is 22.2 Å². The van der Waals surface area contributed by atoms with Crippen molar-refractivity contribution in [3.63, 3.8) is 0 Å². The fourth-order valence-electron chi connectivity index (χ4n) is 3.11. The molecule has 0 saturated carbocycles. The van der Waals surface area contributed by atoms with Crippen molar-refractivity contribution in [2.45, 2.75) is 12.6 Å². The Morgan fingerprint density at radius 2 is 1.85 bits per heavy atom. The van der Waals surface area contributed by atoms with Crippen LogP contribution in [-0.2, 0) is 19.6 Å². The lowest BCUT2D eigenvalue weighted by atomic mass is 10.1. The fourth-order valence-corrected chi connectivity index (χ4v) is 3.11. The van der Waals surface area contributed by atoms with Crippen LogP contribution in [0.1, 0.15) is 17.0 Å². The van der Waals surface area contributed by atoms with Crippen molar-refractivity contribution in [2.24, 2.45) is 7.05 Å². The van der Waals surface area contributed by atoms with Gasteiger partial charge in [0, 0.05) is 48.3 Å². The van der Waals surface area contributed by atoms with Crippen molar-refractivity contribution in [3.8, 4) is 11.3 Å². The predicted molar refractivity (Wildman–Crippen MR) is 96.0 cm³/mol. The highest BCUT2D eigenvalue weighted by atomic mass is 19.4. The number of hydrogen-bond acceptors (Lipinski definition) is 3. The summed E-state index contributed by atoms with van der Waals surface area (Å²) >= 11 is 0. The summed E-state index contributed by atoms with van der Waals surface area (Å²) in [5, 5.41) is 0.872. The van der Waals surface area contributed by atoms with Crippen LogP contribution in [0, 0.1) is 0 Å². The number of halogens is 3. The smallest absolute Gasteiger partial charge is 0.344 e. The van der Waals surface area contributed by atoms with E-state index in [0.29, 0.717) is 17.7 Å². The van der Waals surface area contributed by atoms with Crippen LogP contribution >= 0.6 is 0 Å². The lowest BCUT2D eigenvalue weighted by Crippen LogP contribution is -2.04. The Morgan fingerprint density at radius 1 is 1.00 bits per heavy atom. The number of alkyl halides is 3. The van der Waals surface area contributed by atoms with E-state index in [9.17, 15) is 13.2 Å². The van der Waals surface area contributed by atoms with Gasteiger partial charge in [-0.1, -0.05) is 12.1 Å². The monoisotopic (exact) mass is 368 g/mol. The van der Waals surface area contributed by atoms with E-state index >= 15 is 0 Å². The average molecular weight is 368 g/mol. The van der Waals surface area contributed by atoms with E-state index in [2.05, 4.69) is 15.0 Å². The molecule has 0 aliphatic heterocycles. The number of aromatic nitrogens is 4. The van der Waals surface area contributed by atoms with E-state index in [1.807, 2.05) is 29.8 Å². The second kappa shape index (κ2) is 6.50. The van der Waals surface area contributed by atoms with Gasteiger partial charge in [-0.25, -0.2) is 9.97 Å². The van der Waals surface area contributed by atoms with Crippen molar-refractivity contribution in [2.75, 3.05) is 0 Å². The molecule has 0 aliphatic carbocycles. The molecule has 0 spiro atoms. The summed E-state index contributed by atoms with van der Waals surface area (Å²) in [6.07, 6.45) is 1.09. The number of rotatable bonds is 3. The van der Waals surface area contributed by atoms with E-state index in [1.165, 1.54) is 18.5 Å². The molecule has 0 bridgehead atoms. The van der Waals surface area contributed by atoms with Gasteiger partial charge in [0.25, 0.3) is 0 Å². The molecule has 3 heterocycles. The van der Waals surface area contributed by atoms with Gasteiger partial charge in [-0.3, -0.25) is 4.98 Å². The summed E-state index contributed by atoms with van der Waals surface area (Å²) < 4.78 is 40.9.